The van der Waals surface area contributed by atoms with E-state index >= 15 is 0 Å². The number of unbranched alkanes of at least 4 members (excludes halogenated alkanes) is 19. The summed E-state index contributed by atoms with van der Waals surface area (Å²) in [5, 5.41) is 0. The second kappa shape index (κ2) is 54.7. The quantitative estimate of drug-likeness (QED) is 0.0262. The van der Waals surface area contributed by atoms with Gasteiger partial charge in [-0.25, -0.2) is 0 Å². The summed E-state index contributed by atoms with van der Waals surface area (Å²) in [4.78, 5) is 38.0. The monoisotopic (exact) mass is 929 g/mol. The van der Waals surface area contributed by atoms with E-state index in [1.807, 2.05) is 0 Å². The molecule has 0 radical (unpaired) electrons. The first kappa shape index (κ1) is 63.1. The van der Waals surface area contributed by atoms with Crippen molar-refractivity contribution in [3.05, 3.63) is 109 Å². The number of hydrogen-bond donors (Lipinski definition) is 0. The first-order valence-electron chi connectivity index (χ1n) is 27.4. The summed E-state index contributed by atoms with van der Waals surface area (Å²) in [6.45, 7) is 6.36. The van der Waals surface area contributed by atoms with Crippen molar-refractivity contribution in [2.75, 3.05) is 13.2 Å². The number of carbonyl (C=O) groups excluding carboxylic acids is 3. The van der Waals surface area contributed by atoms with Gasteiger partial charge in [0.1, 0.15) is 13.2 Å². The summed E-state index contributed by atoms with van der Waals surface area (Å²) in [6, 6.07) is 0. The maximum Gasteiger partial charge on any atom is 0.306 e. The van der Waals surface area contributed by atoms with Gasteiger partial charge in [-0.05, 0) is 103 Å². The van der Waals surface area contributed by atoms with E-state index in [-0.39, 0.29) is 31.1 Å². The van der Waals surface area contributed by atoms with Crippen LogP contribution in [-0.2, 0) is 28.6 Å². The molecule has 0 aliphatic rings. The summed E-state index contributed by atoms with van der Waals surface area (Å²) >= 11 is 0. The lowest BCUT2D eigenvalue weighted by atomic mass is 10.1. The molecule has 1 unspecified atom stereocenters. The molecule has 0 spiro atoms. The molecule has 0 bridgehead atoms. The minimum Gasteiger partial charge on any atom is -0.462 e. The summed E-state index contributed by atoms with van der Waals surface area (Å²) in [5.41, 5.74) is 0. The van der Waals surface area contributed by atoms with Gasteiger partial charge in [-0.2, -0.15) is 0 Å². The Morgan fingerprint density at radius 1 is 0.313 bits per heavy atom. The molecule has 0 aliphatic heterocycles. The van der Waals surface area contributed by atoms with Crippen LogP contribution in [0.2, 0.25) is 0 Å². The Morgan fingerprint density at radius 3 is 0.910 bits per heavy atom. The SMILES string of the molecule is CC/C=C\C/C=C\C/C=C\C/C=C\C/C=C\C/C=C\CCCCCCC(=O)OCC(COC(=O)CCCCCCCCCCC)OC(=O)CCCCCCCCC/C=C\C/C=C\C/C=C\CC. The van der Waals surface area contributed by atoms with Gasteiger partial charge < -0.3 is 14.2 Å². The van der Waals surface area contributed by atoms with Crippen LogP contribution in [0.15, 0.2) is 109 Å². The molecule has 0 aromatic carbocycles. The topological polar surface area (TPSA) is 78.9 Å². The molecule has 0 N–H and O–H groups in total. The predicted molar refractivity (Wildman–Crippen MR) is 288 cm³/mol. The van der Waals surface area contributed by atoms with Gasteiger partial charge in [-0.1, -0.05) is 226 Å². The van der Waals surface area contributed by atoms with Crippen molar-refractivity contribution in [2.24, 2.45) is 0 Å². The highest BCUT2D eigenvalue weighted by Crippen LogP contribution is 2.14. The molecule has 6 heteroatoms. The average molecular weight is 929 g/mol. The van der Waals surface area contributed by atoms with E-state index in [0.29, 0.717) is 19.3 Å². The van der Waals surface area contributed by atoms with Gasteiger partial charge in [0.25, 0.3) is 0 Å². The number of rotatable bonds is 48. The van der Waals surface area contributed by atoms with Crippen molar-refractivity contribution in [1.29, 1.82) is 0 Å². The zero-order valence-electron chi connectivity index (χ0n) is 43.4. The van der Waals surface area contributed by atoms with Gasteiger partial charge in [0, 0.05) is 19.3 Å². The van der Waals surface area contributed by atoms with E-state index in [4.69, 9.17) is 14.2 Å². The molecule has 0 saturated heterocycles. The third-order valence-corrected chi connectivity index (χ3v) is 11.3. The zero-order chi connectivity index (χ0) is 48.6. The second-order valence-corrected chi connectivity index (χ2v) is 17.7. The first-order valence-corrected chi connectivity index (χ1v) is 27.4. The number of carbonyl (C=O) groups is 3. The van der Waals surface area contributed by atoms with E-state index in [1.54, 1.807) is 0 Å². The molecule has 0 amide bonds. The van der Waals surface area contributed by atoms with Gasteiger partial charge in [-0.15, -0.1) is 0 Å². The molecule has 0 aromatic heterocycles. The zero-order valence-corrected chi connectivity index (χ0v) is 43.4. The summed E-state index contributed by atoms with van der Waals surface area (Å²) in [7, 11) is 0. The molecule has 380 valence electrons. The highest BCUT2D eigenvalue weighted by Gasteiger charge is 2.19. The third-order valence-electron chi connectivity index (χ3n) is 11.3. The van der Waals surface area contributed by atoms with Crippen molar-refractivity contribution in [2.45, 2.75) is 245 Å². The fourth-order valence-electron chi connectivity index (χ4n) is 7.22. The Hall–Kier alpha value is -3.93. The maximum atomic E-state index is 12.8. The largest absolute Gasteiger partial charge is 0.462 e. The van der Waals surface area contributed by atoms with Gasteiger partial charge in [-0.3, -0.25) is 14.4 Å². The Labute approximate surface area is 412 Å². The standard InChI is InChI=1S/C61H100O6/c1-4-7-10-13-16-19-21-23-25-27-28-29-30-31-32-34-35-37-39-42-45-48-51-54-60(63)66-57-58(56-65-59(62)53-50-47-44-41-18-15-12-9-6-3)67-61(64)55-52-49-46-43-40-38-36-33-26-24-22-20-17-14-11-8-5-2/h7-8,10-11,16-17,19-20,23-26,28-29,31-32,35,37,58H,4-6,9,12-15,18,21-22,27,30,33-34,36,38-57H2,1-3H3/b10-7-,11-8-,19-16-,20-17-,25-23-,26-24-,29-28-,32-31-,37-35-. The smallest absolute Gasteiger partial charge is 0.306 e. The van der Waals surface area contributed by atoms with Gasteiger partial charge in [0.15, 0.2) is 6.10 Å². The lowest BCUT2D eigenvalue weighted by Crippen LogP contribution is -2.30. The first-order chi connectivity index (χ1) is 33.0. The number of hydrogen-bond acceptors (Lipinski definition) is 6. The van der Waals surface area contributed by atoms with Gasteiger partial charge in [0.05, 0.1) is 0 Å². The lowest BCUT2D eigenvalue weighted by Gasteiger charge is -2.18. The van der Waals surface area contributed by atoms with Gasteiger partial charge in [0.2, 0.25) is 0 Å². The van der Waals surface area contributed by atoms with Crippen molar-refractivity contribution in [3.63, 3.8) is 0 Å². The minimum absolute atomic E-state index is 0.0909. The van der Waals surface area contributed by atoms with Crippen LogP contribution in [0, 0.1) is 0 Å². The summed E-state index contributed by atoms with van der Waals surface area (Å²) < 4.78 is 16.8. The van der Waals surface area contributed by atoms with E-state index in [2.05, 4.69) is 130 Å². The fraction of sp³-hybridized carbons (Fsp3) is 0.656. The third kappa shape index (κ3) is 52.9. The van der Waals surface area contributed by atoms with E-state index in [1.165, 1.54) is 64.2 Å². The molecule has 0 aromatic rings. The molecule has 0 heterocycles. The molecule has 6 nitrogen and oxygen atoms in total. The highest BCUT2D eigenvalue weighted by atomic mass is 16.6. The highest BCUT2D eigenvalue weighted by molar-refractivity contribution is 5.71. The molecule has 0 rings (SSSR count). The normalized spacial score (nSPS) is 12.9. The number of ether oxygens (including phenoxy) is 3. The molecule has 67 heavy (non-hydrogen) atoms. The lowest BCUT2D eigenvalue weighted by molar-refractivity contribution is -0.167. The van der Waals surface area contributed by atoms with Crippen LogP contribution in [0.1, 0.15) is 239 Å². The average Bonchev–Trinajstić information content (AvgIpc) is 3.33. The Morgan fingerprint density at radius 2 is 0.582 bits per heavy atom. The predicted octanol–water partition coefficient (Wildman–Crippen LogP) is 18.3. The Bertz CT molecular complexity index is 1390. The van der Waals surface area contributed by atoms with Crippen LogP contribution in [-0.4, -0.2) is 37.2 Å². The molecule has 0 fully saturated rings. The van der Waals surface area contributed by atoms with Crippen molar-refractivity contribution < 1.29 is 28.6 Å². The van der Waals surface area contributed by atoms with Crippen LogP contribution in [0.5, 0.6) is 0 Å². The van der Waals surface area contributed by atoms with Gasteiger partial charge >= 0.3 is 17.9 Å². The summed E-state index contributed by atoms with van der Waals surface area (Å²) in [5.74, 6) is -0.932. The van der Waals surface area contributed by atoms with Crippen LogP contribution < -0.4 is 0 Å². The molecule has 0 aliphatic carbocycles. The number of allylic oxidation sites excluding steroid dienone is 18. The van der Waals surface area contributed by atoms with Crippen LogP contribution in [0.25, 0.3) is 0 Å². The van der Waals surface area contributed by atoms with E-state index < -0.39 is 6.10 Å². The van der Waals surface area contributed by atoms with Crippen molar-refractivity contribution in [3.8, 4) is 0 Å². The van der Waals surface area contributed by atoms with Crippen molar-refractivity contribution >= 4 is 17.9 Å². The minimum atomic E-state index is -0.794. The molecule has 1 atom stereocenters. The molecular formula is C61H100O6. The maximum absolute atomic E-state index is 12.8. The van der Waals surface area contributed by atoms with Crippen molar-refractivity contribution in [1.82, 2.24) is 0 Å². The van der Waals surface area contributed by atoms with Crippen LogP contribution in [0.3, 0.4) is 0 Å². The Kier molecular flexibility index (Phi) is 51.5. The molecule has 0 saturated carbocycles. The van der Waals surface area contributed by atoms with Crippen LogP contribution >= 0.6 is 0 Å². The second-order valence-electron chi connectivity index (χ2n) is 17.7. The molecular weight excluding hydrogens is 829 g/mol. The summed E-state index contributed by atoms with van der Waals surface area (Å²) in [6.07, 6.45) is 73.6. The fourth-order valence-corrected chi connectivity index (χ4v) is 7.22. The van der Waals surface area contributed by atoms with E-state index in [9.17, 15) is 14.4 Å². The Balaban J connectivity index is 4.37. The number of esters is 3. The van der Waals surface area contributed by atoms with Crippen LogP contribution in [0.4, 0.5) is 0 Å². The van der Waals surface area contributed by atoms with E-state index in [0.717, 1.165) is 135 Å².